The van der Waals surface area contributed by atoms with Crippen molar-refractivity contribution >= 4 is 42.8 Å². The van der Waals surface area contributed by atoms with Gasteiger partial charge >= 0.3 is 0 Å². The molecule has 2 saturated heterocycles. The fraction of sp³-hybridized carbons (Fsp3) is 0.676. The lowest BCUT2D eigenvalue weighted by Gasteiger charge is -2.31. The predicted octanol–water partition coefficient (Wildman–Crippen LogP) is 4.11. The summed E-state index contributed by atoms with van der Waals surface area (Å²) in [5, 5.41) is 36.9. The molecule has 2 aliphatic heterocycles. The Kier molecular flexibility index (Phi) is 27.2. The Labute approximate surface area is 308 Å². The zero-order valence-corrected chi connectivity index (χ0v) is 31.5. The van der Waals surface area contributed by atoms with Gasteiger partial charge in [0.2, 0.25) is 0 Å². The number of aliphatic hydroxyl groups excluding tert-OH is 1. The Morgan fingerprint density at radius 2 is 1.31 bits per heavy atom. The second-order valence-electron chi connectivity index (χ2n) is 13.6. The van der Waals surface area contributed by atoms with Crippen LogP contribution in [0.15, 0.2) is 18.2 Å². The number of hydrogen-bond acceptors (Lipinski definition) is 9. The van der Waals surface area contributed by atoms with E-state index in [0.717, 1.165) is 101 Å². The van der Waals surface area contributed by atoms with Crippen molar-refractivity contribution in [1.29, 1.82) is 0 Å². The van der Waals surface area contributed by atoms with Gasteiger partial charge in [0, 0.05) is 38.2 Å². The third kappa shape index (κ3) is 19.5. The van der Waals surface area contributed by atoms with Gasteiger partial charge in [-0.1, -0.05) is 27.7 Å². The first-order valence-corrected chi connectivity index (χ1v) is 18.2. The molecule has 1 amide bonds. The van der Waals surface area contributed by atoms with Gasteiger partial charge in [-0.05, 0) is 114 Å². The maximum Gasteiger partial charge on any atom is 0.290 e. The van der Waals surface area contributed by atoms with Crippen molar-refractivity contribution in [2.24, 2.45) is 17.8 Å². The molecule has 0 radical (unpaired) electrons. The van der Waals surface area contributed by atoms with E-state index < -0.39 is 0 Å². The molecule has 3 heterocycles. The number of aromatic nitrogens is 2. The molecule has 2 aliphatic rings. The Hall–Kier alpha value is -4.08. The Balaban J connectivity index is 0.00000191. The Morgan fingerprint density at radius 1 is 0.808 bits per heavy atom. The van der Waals surface area contributed by atoms with Gasteiger partial charge in [0.25, 0.3) is 31.8 Å². The van der Waals surface area contributed by atoms with Gasteiger partial charge in [-0.3, -0.25) is 24.0 Å². The summed E-state index contributed by atoms with van der Waals surface area (Å²) in [5.41, 5.74) is 2.93. The number of amides is 1. The fourth-order valence-corrected chi connectivity index (χ4v) is 6.31. The highest BCUT2D eigenvalue weighted by Crippen LogP contribution is 2.26. The van der Waals surface area contributed by atoms with E-state index in [1.54, 1.807) is 0 Å². The maximum absolute atomic E-state index is 13.8. The smallest absolute Gasteiger partial charge is 0.290 e. The summed E-state index contributed by atoms with van der Waals surface area (Å²) in [5.74, 6) is 3.11. The van der Waals surface area contributed by atoms with Crippen molar-refractivity contribution in [3.8, 4) is 0 Å². The normalized spacial score (nSPS) is 14.4. The van der Waals surface area contributed by atoms with Crippen LogP contribution in [0, 0.1) is 17.8 Å². The first-order chi connectivity index (χ1) is 25.0. The van der Waals surface area contributed by atoms with E-state index in [2.05, 4.69) is 59.1 Å². The molecule has 4 rings (SSSR count). The molecule has 0 saturated carbocycles. The number of rotatable bonds is 15. The third-order valence-corrected chi connectivity index (χ3v) is 8.96. The molecular weight excluding hydrogens is 674 g/mol. The van der Waals surface area contributed by atoms with Crippen LogP contribution in [-0.4, -0.2) is 141 Å². The monoisotopic (exact) mass is 737 g/mol. The lowest BCUT2D eigenvalue weighted by molar-refractivity contribution is -0.123. The van der Waals surface area contributed by atoms with Gasteiger partial charge < -0.3 is 44.8 Å². The molecule has 0 aliphatic carbocycles. The van der Waals surface area contributed by atoms with Crippen LogP contribution in [0.4, 0.5) is 0 Å². The topological polar surface area (TPSA) is 214 Å². The number of piperidine rings is 1. The number of carbonyl (C=O) groups excluding carboxylic acids is 1. The number of likely N-dealkylation sites (tertiary alicyclic amines) is 2. The summed E-state index contributed by atoms with van der Waals surface area (Å²) in [6.45, 7) is 17.2. The van der Waals surface area contributed by atoms with E-state index in [-0.39, 0.29) is 38.4 Å². The molecular formula is C37H63N5O10. The molecule has 2 fully saturated rings. The van der Waals surface area contributed by atoms with Crippen molar-refractivity contribution < 1.29 is 49.5 Å². The van der Waals surface area contributed by atoms with Gasteiger partial charge in [-0.25, -0.2) is 4.98 Å². The van der Waals surface area contributed by atoms with Crippen LogP contribution in [0.1, 0.15) is 88.8 Å². The minimum Gasteiger partial charge on any atom is -0.483 e. The summed E-state index contributed by atoms with van der Waals surface area (Å²) < 4.78 is 2.44. The zero-order chi connectivity index (χ0) is 39.3. The van der Waals surface area contributed by atoms with Gasteiger partial charge in [0.1, 0.15) is 5.82 Å². The van der Waals surface area contributed by atoms with Crippen LogP contribution in [-0.2, 0) is 32.1 Å². The average molecular weight is 738 g/mol. The number of carboxylic acid groups (broad SMARTS) is 4. The number of benzene rings is 1. The van der Waals surface area contributed by atoms with E-state index in [9.17, 15) is 9.90 Å². The molecule has 15 nitrogen and oxygen atoms in total. The molecule has 1 aromatic carbocycles. The van der Waals surface area contributed by atoms with E-state index in [4.69, 9.17) is 44.6 Å². The minimum atomic E-state index is -0.250. The van der Waals surface area contributed by atoms with Crippen LogP contribution in [0.2, 0.25) is 0 Å². The van der Waals surface area contributed by atoms with Crippen molar-refractivity contribution in [1.82, 2.24) is 24.3 Å². The fourth-order valence-electron chi connectivity index (χ4n) is 6.31. The number of nitrogens with zero attached hydrogens (tertiary/aromatic N) is 5. The highest BCUT2D eigenvalue weighted by atomic mass is 16.4. The molecule has 1 aromatic heterocycles. The number of imidazole rings is 1. The molecule has 0 atom stereocenters. The van der Waals surface area contributed by atoms with Gasteiger partial charge in [-0.2, -0.15) is 0 Å². The van der Waals surface area contributed by atoms with Crippen LogP contribution < -0.4 is 0 Å². The Bertz CT molecular complexity index is 1220. The standard InChI is InChI=1S/C33H55N5O2.4CH2O2/c1-26(2)10-20-37(21-11-27(3)4)33(40)29-8-9-30-31(25-29)38(17-7-16-35-14-5-6-15-35)32(34-30)24-28-12-18-36(19-13-28)22-23-39;4*2-1-3/h8-9,25-28,39H,5-7,10-24H2,1-4H3;4*1H,(H,2,3). The van der Waals surface area contributed by atoms with Crippen molar-refractivity contribution in [2.75, 3.05) is 59.0 Å². The first-order valence-electron chi connectivity index (χ1n) is 18.2. The van der Waals surface area contributed by atoms with Crippen LogP contribution in [0.25, 0.3) is 11.0 Å². The van der Waals surface area contributed by atoms with Crippen molar-refractivity contribution in [2.45, 2.75) is 85.6 Å². The number of aliphatic hydroxyl groups is 1. The van der Waals surface area contributed by atoms with Crippen LogP contribution in [0.3, 0.4) is 0 Å². The summed E-state index contributed by atoms with van der Waals surface area (Å²) >= 11 is 0. The number of aryl methyl sites for hydroxylation is 1. The van der Waals surface area contributed by atoms with E-state index in [0.29, 0.717) is 17.8 Å². The summed E-state index contributed by atoms with van der Waals surface area (Å²) in [6.07, 6.45) is 9.12. The van der Waals surface area contributed by atoms with E-state index in [1.165, 1.54) is 31.8 Å². The molecule has 15 heteroatoms. The highest BCUT2D eigenvalue weighted by Gasteiger charge is 2.24. The molecule has 0 spiro atoms. The van der Waals surface area contributed by atoms with Crippen LogP contribution in [0.5, 0.6) is 0 Å². The van der Waals surface area contributed by atoms with Gasteiger partial charge in [-0.15, -0.1) is 0 Å². The quantitative estimate of drug-likeness (QED) is 0.163. The van der Waals surface area contributed by atoms with E-state index in [1.807, 2.05) is 6.07 Å². The predicted molar refractivity (Wildman–Crippen MR) is 200 cm³/mol. The second-order valence-corrected chi connectivity index (χ2v) is 13.6. The molecule has 52 heavy (non-hydrogen) atoms. The number of hydrogen-bond donors (Lipinski definition) is 5. The summed E-state index contributed by atoms with van der Waals surface area (Å²) in [4.78, 5) is 59.4. The van der Waals surface area contributed by atoms with Gasteiger partial charge in [0.05, 0.1) is 17.6 Å². The van der Waals surface area contributed by atoms with Crippen molar-refractivity contribution in [3.63, 3.8) is 0 Å². The zero-order valence-electron chi connectivity index (χ0n) is 31.5. The highest BCUT2D eigenvalue weighted by molar-refractivity contribution is 5.97. The molecule has 296 valence electrons. The molecule has 5 N–H and O–H groups in total. The van der Waals surface area contributed by atoms with Crippen LogP contribution >= 0.6 is 0 Å². The second kappa shape index (κ2) is 29.5. The third-order valence-electron chi connectivity index (χ3n) is 8.96. The first kappa shape index (κ1) is 47.9. The molecule has 0 unspecified atom stereocenters. The average Bonchev–Trinajstić information content (AvgIpc) is 3.74. The van der Waals surface area contributed by atoms with Crippen molar-refractivity contribution in [3.05, 3.63) is 29.6 Å². The van der Waals surface area contributed by atoms with E-state index >= 15 is 0 Å². The Morgan fingerprint density at radius 3 is 1.79 bits per heavy atom. The molecule has 2 aromatic rings. The largest absolute Gasteiger partial charge is 0.483 e. The summed E-state index contributed by atoms with van der Waals surface area (Å²) in [7, 11) is 0. The number of carbonyl (C=O) groups is 5. The summed E-state index contributed by atoms with van der Waals surface area (Å²) in [6, 6.07) is 6.21. The number of β-amino-alcohol motifs (C(OH)–C–C–N with tert-alkyl or cyclic N) is 1. The van der Waals surface area contributed by atoms with Gasteiger partial charge in [0.15, 0.2) is 0 Å². The SMILES string of the molecule is CC(C)CCN(CCC(C)C)C(=O)c1ccc2nc(CC3CCN(CCO)CC3)n(CCCN3CCCC3)c2c1.O=CO.O=CO.O=CO.O=CO. The minimum absolute atomic E-state index is 0.158. The maximum atomic E-state index is 13.8. The number of fused-ring (bicyclic) bond motifs is 1. The lowest BCUT2D eigenvalue weighted by atomic mass is 9.93. The molecule has 0 bridgehead atoms. The lowest BCUT2D eigenvalue weighted by Crippen LogP contribution is -2.36.